The van der Waals surface area contributed by atoms with E-state index in [1.165, 1.54) is 0 Å². The summed E-state index contributed by atoms with van der Waals surface area (Å²) in [5.41, 5.74) is 3.02. The molecule has 1 fully saturated rings. The van der Waals surface area contributed by atoms with Gasteiger partial charge in [-0.1, -0.05) is 24.3 Å². The van der Waals surface area contributed by atoms with E-state index in [4.69, 9.17) is 9.47 Å². The van der Waals surface area contributed by atoms with Gasteiger partial charge in [0.25, 0.3) is 0 Å². The van der Waals surface area contributed by atoms with Crippen LogP contribution in [0.25, 0.3) is 10.9 Å². The lowest BCUT2D eigenvalue weighted by atomic mass is 9.91. The number of piperidine rings is 1. The van der Waals surface area contributed by atoms with Gasteiger partial charge in [0.1, 0.15) is 0 Å². The van der Waals surface area contributed by atoms with Gasteiger partial charge in [0.2, 0.25) is 0 Å². The molecule has 6 nitrogen and oxygen atoms in total. The number of nitrogens with zero attached hydrogens (tertiary/aromatic N) is 2. The predicted octanol–water partition coefficient (Wildman–Crippen LogP) is 4.53. The molecule has 6 heteroatoms. The number of para-hydroxylation sites is 1. The first-order chi connectivity index (χ1) is 15.1. The summed E-state index contributed by atoms with van der Waals surface area (Å²) in [5.74, 6) is 0.273. The third-order valence-electron chi connectivity index (χ3n) is 5.90. The van der Waals surface area contributed by atoms with E-state index in [0.29, 0.717) is 31.1 Å². The van der Waals surface area contributed by atoms with E-state index in [9.17, 15) is 9.90 Å². The average Bonchev–Trinajstić information content (AvgIpc) is 2.80. The van der Waals surface area contributed by atoms with Gasteiger partial charge in [-0.25, -0.2) is 0 Å². The molecule has 2 heterocycles. The fraction of sp³-hybridized carbons (Fsp3) is 0.360. The second kappa shape index (κ2) is 9.35. The predicted molar refractivity (Wildman–Crippen MR) is 120 cm³/mol. The largest absolute Gasteiger partial charge is 0.493 e. The van der Waals surface area contributed by atoms with Crippen molar-refractivity contribution in [3.63, 3.8) is 0 Å². The molecule has 4 rings (SSSR count). The molecule has 1 aliphatic heterocycles. The van der Waals surface area contributed by atoms with Gasteiger partial charge in [-0.2, -0.15) is 0 Å². The summed E-state index contributed by atoms with van der Waals surface area (Å²) < 4.78 is 11.3. The summed E-state index contributed by atoms with van der Waals surface area (Å²) in [6, 6.07) is 16.0. The summed E-state index contributed by atoms with van der Waals surface area (Å²) in [4.78, 5) is 18.6. The average molecular weight is 421 g/mol. The summed E-state index contributed by atoms with van der Waals surface area (Å²) in [6.45, 7) is 3.81. The van der Waals surface area contributed by atoms with Gasteiger partial charge in [-0.15, -0.1) is 0 Å². The van der Waals surface area contributed by atoms with E-state index in [1.54, 1.807) is 7.11 Å². The second-order valence-electron chi connectivity index (χ2n) is 7.88. The highest BCUT2D eigenvalue weighted by molar-refractivity contribution is 5.79. The highest BCUT2D eigenvalue weighted by atomic mass is 16.5. The lowest BCUT2D eigenvalue weighted by molar-refractivity contribution is -0.143. The summed E-state index contributed by atoms with van der Waals surface area (Å²) in [6.07, 6.45) is 3.46. The van der Waals surface area contributed by atoms with Crippen LogP contribution < -0.4 is 9.47 Å². The van der Waals surface area contributed by atoms with E-state index < -0.39 is 5.97 Å². The molecular weight excluding hydrogens is 392 g/mol. The van der Waals surface area contributed by atoms with Crippen LogP contribution in [0.2, 0.25) is 0 Å². The van der Waals surface area contributed by atoms with Gasteiger partial charge < -0.3 is 14.6 Å². The van der Waals surface area contributed by atoms with Crippen molar-refractivity contribution in [3.8, 4) is 11.5 Å². The maximum absolute atomic E-state index is 11.7. The minimum absolute atomic E-state index is 0.121. The van der Waals surface area contributed by atoms with Crippen molar-refractivity contribution < 1.29 is 19.4 Å². The summed E-state index contributed by atoms with van der Waals surface area (Å²) in [7, 11) is 1.63. The Labute approximate surface area is 182 Å². The molecule has 0 bridgehead atoms. The molecule has 1 aromatic heterocycles. The number of pyridine rings is 1. The quantitative estimate of drug-likeness (QED) is 0.606. The Hall–Kier alpha value is -3.12. The number of likely N-dealkylation sites (tertiary alicyclic amines) is 1. The number of carboxylic acid groups (broad SMARTS) is 1. The molecule has 162 valence electrons. The smallest absolute Gasteiger partial charge is 0.307 e. The Morgan fingerprint density at radius 3 is 2.81 bits per heavy atom. The third kappa shape index (κ3) is 4.49. The Kier molecular flexibility index (Phi) is 6.37. The number of ether oxygens (including phenoxy) is 2. The number of hydrogen-bond donors (Lipinski definition) is 1. The number of methoxy groups -OCH3 is 1. The molecule has 2 aromatic carbocycles. The number of benzene rings is 2. The van der Waals surface area contributed by atoms with Gasteiger partial charge in [0, 0.05) is 18.1 Å². The molecule has 1 N–H and O–H groups in total. The van der Waals surface area contributed by atoms with Crippen molar-refractivity contribution in [2.45, 2.75) is 25.8 Å². The topological polar surface area (TPSA) is 71.9 Å². The first kappa shape index (κ1) is 21.1. The summed E-state index contributed by atoms with van der Waals surface area (Å²) >= 11 is 0. The van der Waals surface area contributed by atoms with Gasteiger partial charge in [0.05, 0.1) is 31.2 Å². The molecule has 1 saturated heterocycles. The minimum atomic E-state index is -0.732. The highest BCUT2D eigenvalue weighted by Gasteiger charge is 2.32. The number of carboxylic acids is 1. The monoisotopic (exact) mass is 420 g/mol. The Morgan fingerprint density at radius 2 is 2.03 bits per heavy atom. The van der Waals surface area contributed by atoms with Crippen LogP contribution in [0.4, 0.5) is 0 Å². The maximum atomic E-state index is 11.7. The van der Waals surface area contributed by atoms with Crippen LogP contribution in [0.3, 0.4) is 0 Å². The number of carbonyl (C=O) groups is 1. The Bertz CT molecular complexity index is 1070. The van der Waals surface area contributed by atoms with Crippen molar-refractivity contribution in [1.29, 1.82) is 0 Å². The molecule has 1 aliphatic rings. The third-order valence-corrected chi connectivity index (χ3v) is 5.90. The van der Waals surface area contributed by atoms with E-state index in [-0.39, 0.29) is 12.0 Å². The van der Waals surface area contributed by atoms with Crippen molar-refractivity contribution in [1.82, 2.24) is 9.88 Å². The standard InChI is InChI=1S/C25H28N2O4/c1-3-31-23-14-18(10-11-22(23)30-2)24(27-12-6-8-19(16-27)25(28)29)20-13-17-7-4-5-9-21(17)26-15-20/h4-5,7,9-11,13-15,19,24H,3,6,8,12,16H2,1-2H3,(H,28,29). The molecule has 31 heavy (non-hydrogen) atoms. The van der Waals surface area contributed by atoms with Crippen LogP contribution in [0.1, 0.15) is 36.9 Å². The molecular formula is C25H28N2O4. The Balaban J connectivity index is 1.80. The fourth-order valence-corrected chi connectivity index (χ4v) is 4.43. The van der Waals surface area contributed by atoms with Gasteiger partial charge in [-0.05, 0) is 61.7 Å². The van der Waals surface area contributed by atoms with Crippen molar-refractivity contribution >= 4 is 16.9 Å². The number of rotatable bonds is 7. The molecule has 2 unspecified atom stereocenters. The molecule has 0 amide bonds. The van der Waals surface area contributed by atoms with Crippen molar-refractivity contribution in [2.24, 2.45) is 5.92 Å². The van der Waals surface area contributed by atoms with Crippen LogP contribution >= 0.6 is 0 Å². The van der Waals surface area contributed by atoms with E-state index in [2.05, 4.69) is 22.0 Å². The number of aliphatic carboxylic acids is 1. The number of fused-ring (bicyclic) bond motifs is 1. The van der Waals surface area contributed by atoms with Crippen LogP contribution in [0.5, 0.6) is 11.5 Å². The molecule has 0 radical (unpaired) electrons. The molecule has 0 aliphatic carbocycles. The van der Waals surface area contributed by atoms with E-state index in [0.717, 1.165) is 35.0 Å². The molecule has 0 saturated carbocycles. The lowest BCUT2D eigenvalue weighted by Gasteiger charge is -2.37. The highest BCUT2D eigenvalue weighted by Crippen LogP contribution is 2.37. The zero-order valence-electron chi connectivity index (χ0n) is 18.0. The van der Waals surface area contributed by atoms with E-state index in [1.807, 2.05) is 49.5 Å². The summed E-state index contributed by atoms with van der Waals surface area (Å²) in [5, 5.41) is 10.7. The molecule has 3 aromatic rings. The van der Waals surface area contributed by atoms with E-state index >= 15 is 0 Å². The normalized spacial score (nSPS) is 17.9. The van der Waals surface area contributed by atoms with Gasteiger partial charge in [0.15, 0.2) is 11.5 Å². The lowest BCUT2D eigenvalue weighted by Crippen LogP contribution is -2.41. The van der Waals surface area contributed by atoms with Crippen LogP contribution in [0, 0.1) is 5.92 Å². The fourth-order valence-electron chi connectivity index (χ4n) is 4.43. The van der Waals surface area contributed by atoms with Crippen LogP contribution in [0.15, 0.2) is 54.7 Å². The number of aromatic nitrogens is 1. The number of hydrogen-bond acceptors (Lipinski definition) is 5. The first-order valence-corrected chi connectivity index (χ1v) is 10.7. The maximum Gasteiger partial charge on any atom is 0.307 e. The van der Waals surface area contributed by atoms with Crippen LogP contribution in [-0.4, -0.2) is 47.8 Å². The first-order valence-electron chi connectivity index (χ1n) is 10.7. The zero-order chi connectivity index (χ0) is 21.8. The van der Waals surface area contributed by atoms with Gasteiger partial charge >= 0.3 is 5.97 Å². The Morgan fingerprint density at radius 1 is 1.19 bits per heavy atom. The molecule has 2 atom stereocenters. The van der Waals surface area contributed by atoms with Crippen LogP contribution in [-0.2, 0) is 4.79 Å². The van der Waals surface area contributed by atoms with Crippen molar-refractivity contribution in [3.05, 3.63) is 65.9 Å². The zero-order valence-corrected chi connectivity index (χ0v) is 18.0. The SMILES string of the molecule is CCOc1cc(C(c2cnc3ccccc3c2)N2CCCC(C(=O)O)C2)ccc1OC. The van der Waals surface area contributed by atoms with Gasteiger partial charge in [-0.3, -0.25) is 14.7 Å². The molecule has 0 spiro atoms. The minimum Gasteiger partial charge on any atom is -0.493 e. The van der Waals surface area contributed by atoms with Crippen molar-refractivity contribution in [2.75, 3.05) is 26.8 Å². The second-order valence-corrected chi connectivity index (χ2v) is 7.88.